The number of carboxylic acid groups (broad SMARTS) is 1. The maximum atomic E-state index is 12.5. The van der Waals surface area contributed by atoms with Crippen molar-refractivity contribution in [3.05, 3.63) is 33.7 Å². The van der Waals surface area contributed by atoms with Crippen LogP contribution in [0.4, 0.5) is 0 Å². The summed E-state index contributed by atoms with van der Waals surface area (Å²) in [5.41, 5.74) is 3.00. The molecular weight excluding hydrogens is 358 g/mol. The van der Waals surface area contributed by atoms with Gasteiger partial charge in [0.15, 0.2) is 0 Å². The zero-order valence-electron chi connectivity index (χ0n) is 14.7. The highest BCUT2D eigenvalue weighted by atomic mass is 32.2. The molecule has 1 aliphatic heterocycles. The number of hydrogen-bond acceptors (Lipinski definition) is 5. The normalized spacial score (nSPS) is 16.2. The number of aryl methyl sites for hydroxylation is 1. The molecule has 1 aromatic rings. The van der Waals surface area contributed by atoms with E-state index in [2.05, 4.69) is 13.8 Å². The second-order valence-corrected chi connectivity index (χ2v) is 7.76. The number of methoxy groups -OCH3 is 1. The van der Waals surface area contributed by atoms with Crippen LogP contribution in [-0.2, 0) is 9.59 Å². The number of ether oxygens (including phenoxy) is 1. The van der Waals surface area contributed by atoms with E-state index in [-0.39, 0.29) is 24.8 Å². The number of hydrogen-bond donors (Lipinski definition) is 1. The molecular formula is C18H21NO4S2. The molecule has 1 amide bonds. The predicted octanol–water partition coefficient (Wildman–Crippen LogP) is 3.80. The molecule has 7 heteroatoms. The minimum atomic E-state index is -0.953. The van der Waals surface area contributed by atoms with Crippen molar-refractivity contribution < 1.29 is 19.4 Å². The van der Waals surface area contributed by atoms with Gasteiger partial charge in [-0.05, 0) is 47.7 Å². The topological polar surface area (TPSA) is 66.8 Å². The SMILES string of the molecule is COc1cc(C)c(/C=C2/SC(=S)N(CCC(=O)O)C2=O)cc1C(C)C. The van der Waals surface area contributed by atoms with Gasteiger partial charge in [-0.3, -0.25) is 14.5 Å². The molecule has 1 saturated heterocycles. The number of nitrogens with zero attached hydrogens (tertiary/aromatic N) is 1. The van der Waals surface area contributed by atoms with Crippen molar-refractivity contribution in [2.75, 3.05) is 13.7 Å². The minimum Gasteiger partial charge on any atom is -0.496 e. The van der Waals surface area contributed by atoms with Gasteiger partial charge >= 0.3 is 5.97 Å². The van der Waals surface area contributed by atoms with Crippen LogP contribution in [0.5, 0.6) is 5.75 Å². The lowest BCUT2D eigenvalue weighted by molar-refractivity contribution is -0.137. The van der Waals surface area contributed by atoms with Crippen molar-refractivity contribution in [2.45, 2.75) is 33.1 Å². The quantitative estimate of drug-likeness (QED) is 0.599. The number of amides is 1. The molecule has 2 rings (SSSR count). The van der Waals surface area contributed by atoms with Gasteiger partial charge in [0.2, 0.25) is 0 Å². The highest BCUT2D eigenvalue weighted by Gasteiger charge is 2.32. The van der Waals surface area contributed by atoms with E-state index in [1.807, 2.05) is 25.1 Å². The van der Waals surface area contributed by atoms with E-state index in [9.17, 15) is 9.59 Å². The fourth-order valence-corrected chi connectivity index (χ4v) is 3.84. The average molecular weight is 380 g/mol. The Kier molecular flexibility index (Phi) is 6.24. The van der Waals surface area contributed by atoms with Crippen molar-refractivity contribution in [2.24, 2.45) is 0 Å². The molecule has 0 saturated carbocycles. The largest absolute Gasteiger partial charge is 0.496 e. The monoisotopic (exact) mass is 379 g/mol. The Bertz CT molecular complexity index is 756. The van der Waals surface area contributed by atoms with Gasteiger partial charge in [-0.25, -0.2) is 0 Å². The summed E-state index contributed by atoms with van der Waals surface area (Å²) >= 11 is 6.42. The van der Waals surface area contributed by atoms with Crippen LogP contribution in [-0.4, -0.2) is 39.9 Å². The van der Waals surface area contributed by atoms with Crippen molar-refractivity contribution in [1.82, 2.24) is 4.90 Å². The first-order valence-corrected chi connectivity index (χ1v) is 9.12. The van der Waals surface area contributed by atoms with Crippen molar-refractivity contribution in [1.29, 1.82) is 0 Å². The Labute approximate surface area is 157 Å². The molecule has 0 unspecified atom stereocenters. The number of thioether (sulfide) groups is 1. The molecule has 134 valence electrons. The van der Waals surface area contributed by atoms with E-state index in [1.54, 1.807) is 7.11 Å². The highest BCUT2D eigenvalue weighted by molar-refractivity contribution is 8.26. The van der Waals surface area contributed by atoms with Gasteiger partial charge in [0, 0.05) is 6.54 Å². The molecule has 1 aromatic carbocycles. The zero-order chi connectivity index (χ0) is 18.7. The second-order valence-electron chi connectivity index (χ2n) is 6.08. The van der Waals surface area contributed by atoms with E-state index in [0.29, 0.717) is 9.23 Å². The standard InChI is InChI=1S/C18H21NO4S2/c1-10(2)13-8-12(11(3)7-14(13)23-4)9-15-17(22)19(18(24)25-15)6-5-16(20)21/h7-10H,5-6H2,1-4H3,(H,20,21)/b15-9+. The van der Waals surface area contributed by atoms with Crippen LogP contribution in [0.15, 0.2) is 17.0 Å². The van der Waals surface area contributed by atoms with Gasteiger partial charge in [-0.15, -0.1) is 0 Å². The molecule has 5 nitrogen and oxygen atoms in total. The molecule has 0 atom stereocenters. The number of carbonyl (C=O) groups excluding carboxylic acids is 1. The third kappa shape index (κ3) is 4.41. The molecule has 0 radical (unpaired) electrons. The van der Waals surface area contributed by atoms with Gasteiger partial charge < -0.3 is 9.84 Å². The van der Waals surface area contributed by atoms with Crippen LogP contribution < -0.4 is 4.74 Å². The Morgan fingerprint density at radius 2 is 2.12 bits per heavy atom. The van der Waals surface area contributed by atoms with Gasteiger partial charge in [0.05, 0.1) is 18.4 Å². The van der Waals surface area contributed by atoms with Crippen molar-refractivity contribution in [3.8, 4) is 5.75 Å². The van der Waals surface area contributed by atoms with E-state index in [0.717, 1.165) is 22.4 Å². The number of rotatable bonds is 6. The lowest BCUT2D eigenvalue weighted by Crippen LogP contribution is -2.30. The number of thiocarbonyl (C=S) groups is 1. The summed E-state index contributed by atoms with van der Waals surface area (Å²) < 4.78 is 5.84. The maximum absolute atomic E-state index is 12.5. The highest BCUT2D eigenvalue weighted by Crippen LogP contribution is 2.35. The summed E-state index contributed by atoms with van der Waals surface area (Å²) in [5, 5.41) is 8.80. The lowest BCUT2D eigenvalue weighted by atomic mass is 9.96. The van der Waals surface area contributed by atoms with Gasteiger partial charge in [0.25, 0.3) is 5.91 Å². The Morgan fingerprint density at radius 1 is 1.44 bits per heavy atom. The molecule has 25 heavy (non-hydrogen) atoms. The number of aliphatic carboxylic acids is 1. The maximum Gasteiger partial charge on any atom is 0.305 e. The smallest absolute Gasteiger partial charge is 0.305 e. The first kappa shape index (κ1) is 19.5. The zero-order valence-corrected chi connectivity index (χ0v) is 16.3. The summed E-state index contributed by atoms with van der Waals surface area (Å²) in [5.74, 6) is -0.0744. The molecule has 1 fully saturated rings. The first-order chi connectivity index (χ1) is 11.7. The molecule has 0 aromatic heterocycles. The summed E-state index contributed by atoms with van der Waals surface area (Å²) in [6.07, 6.45) is 1.69. The average Bonchev–Trinajstić information content (AvgIpc) is 2.80. The number of carboxylic acids is 1. The summed E-state index contributed by atoms with van der Waals surface area (Å²) in [6.45, 7) is 6.23. The van der Waals surface area contributed by atoms with Gasteiger partial charge in [0.1, 0.15) is 10.1 Å². The molecule has 1 heterocycles. The summed E-state index contributed by atoms with van der Waals surface area (Å²) in [7, 11) is 1.65. The Morgan fingerprint density at radius 3 is 2.68 bits per heavy atom. The fraction of sp³-hybridized carbons (Fsp3) is 0.389. The van der Waals surface area contributed by atoms with Crippen LogP contribution >= 0.6 is 24.0 Å². The van der Waals surface area contributed by atoms with Crippen LogP contribution in [0, 0.1) is 6.92 Å². The number of benzene rings is 1. The Hall–Kier alpha value is -1.86. The van der Waals surface area contributed by atoms with Crippen LogP contribution in [0.25, 0.3) is 6.08 Å². The van der Waals surface area contributed by atoms with Crippen LogP contribution in [0.3, 0.4) is 0 Å². The van der Waals surface area contributed by atoms with Crippen molar-refractivity contribution in [3.63, 3.8) is 0 Å². The van der Waals surface area contributed by atoms with Gasteiger partial charge in [-0.2, -0.15) is 0 Å². The third-order valence-electron chi connectivity index (χ3n) is 3.95. The number of carbonyl (C=O) groups is 2. The minimum absolute atomic E-state index is 0.0934. The molecule has 0 bridgehead atoms. The molecule has 0 spiro atoms. The predicted molar refractivity (Wildman–Crippen MR) is 104 cm³/mol. The van der Waals surface area contributed by atoms with E-state index < -0.39 is 5.97 Å². The van der Waals surface area contributed by atoms with Crippen LogP contribution in [0.2, 0.25) is 0 Å². The molecule has 0 aliphatic carbocycles. The summed E-state index contributed by atoms with van der Waals surface area (Å²) in [4.78, 5) is 25.1. The fourth-order valence-electron chi connectivity index (χ4n) is 2.54. The van der Waals surface area contributed by atoms with Crippen molar-refractivity contribution >= 4 is 46.3 Å². The molecule has 1 N–H and O–H groups in total. The summed E-state index contributed by atoms with van der Waals surface area (Å²) in [6, 6.07) is 4.00. The van der Waals surface area contributed by atoms with Gasteiger partial charge in [-0.1, -0.05) is 37.8 Å². The van der Waals surface area contributed by atoms with Crippen LogP contribution in [0.1, 0.15) is 42.9 Å². The van der Waals surface area contributed by atoms with E-state index in [1.165, 1.54) is 16.7 Å². The van der Waals surface area contributed by atoms with E-state index >= 15 is 0 Å². The molecule has 1 aliphatic rings. The second kappa shape index (κ2) is 8.01. The Balaban J connectivity index is 2.34. The first-order valence-electron chi connectivity index (χ1n) is 7.90. The van der Waals surface area contributed by atoms with E-state index in [4.69, 9.17) is 22.1 Å². The third-order valence-corrected chi connectivity index (χ3v) is 5.33. The lowest BCUT2D eigenvalue weighted by Gasteiger charge is -2.15.